The quantitative estimate of drug-likeness (QED) is 0.0506. The Labute approximate surface area is 314 Å². The van der Waals surface area contributed by atoms with Crippen molar-refractivity contribution in [3.05, 3.63) is 0 Å². The van der Waals surface area contributed by atoms with Gasteiger partial charge in [-0.15, -0.1) is 0 Å². The summed E-state index contributed by atoms with van der Waals surface area (Å²) >= 11 is 0. The van der Waals surface area contributed by atoms with Crippen LogP contribution in [0.4, 0.5) is 0 Å². The molecule has 0 saturated carbocycles. The van der Waals surface area contributed by atoms with Crippen molar-refractivity contribution in [2.45, 2.75) is 270 Å². The third-order valence-electron chi connectivity index (χ3n) is 10.7. The lowest BCUT2D eigenvalue weighted by atomic mass is 10.0. The molecule has 300 valence electrons. The smallest absolute Gasteiger partial charge is 0.306 e. The van der Waals surface area contributed by atoms with E-state index in [1.807, 2.05) is 0 Å². The predicted molar refractivity (Wildman–Crippen MR) is 219 cm³/mol. The monoisotopic (exact) mass is 709 g/mol. The first-order valence-corrected chi connectivity index (χ1v) is 23.1. The van der Waals surface area contributed by atoms with Gasteiger partial charge in [0.1, 0.15) is 6.10 Å². The first-order chi connectivity index (χ1) is 24.7. The van der Waals surface area contributed by atoms with Gasteiger partial charge in [0.15, 0.2) is 0 Å². The van der Waals surface area contributed by atoms with Crippen molar-refractivity contribution >= 4 is 5.97 Å². The standard InChI is InChI=1S/C46H92O4/c1-3-5-7-9-11-13-15-17-19-21-22-23-24-26-28-30-32-34-36-38-40-42-49-44-45(43-47)50-46(48)41-39-37-35-33-31-29-27-25-20-18-16-14-12-10-8-6-4-2/h45,47H,3-44H2,1-2H3. The number of hydrogen-bond acceptors (Lipinski definition) is 4. The van der Waals surface area contributed by atoms with Gasteiger partial charge >= 0.3 is 5.97 Å². The Morgan fingerprint density at radius 2 is 0.660 bits per heavy atom. The fourth-order valence-corrected chi connectivity index (χ4v) is 7.21. The topological polar surface area (TPSA) is 55.8 Å². The Morgan fingerprint density at radius 1 is 0.400 bits per heavy atom. The van der Waals surface area contributed by atoms with Crippen LogP contribution >= 0.6 is 0 Å². The van der Waals surface area contributed by atoms with Gasteiger partial charge in [-0.25, -0.2) is 0 Å². The molecule has 4 heteroatoms. The van der Waals surface area contributed by atoms with Crippen molar-refractivity contribution in [1.29, 1.82) is 0 Å². The highest BCUT2D eigenvalue weighted by molar-refractivity contribution is 5.69. The molecule has 0 aliphatic heterocycles. The van der Waals surface area contributed by atoms with E-state index in [0.717, 1.165) is 19.3 Å². The molecule has 0 bridgehead atoms. The lowest BCUT2D eigenvalue weighted by Gasteiger charge is -2.16. The number of hydrogen-bond donors (Lipinski definition) is 1. The van der Waals surface area contributed by atoms with E-state index in [1.54, 1.807) is 0 Å². The van der Waals surface area contributed by atoms with Crippen LogP contribution in [0.25, 0.3) is 0 Å². The third-order valence-corrected chi connectivity index (χ3v) is 10.7. The third kappa shape index (κ3) is 41.8. The summed E-state index contributed by atoms with van der Waals surface area (Å²) in [5, 5.41) is 9.62. The van der Waals surface area contributed by atoms with E-state index in [2.05, 4.69) is 13.8 Å². The molecule has 0 rings (SSSR count). The molecule has 0 aromatic rings. The largest absolute Gasteiger partial charge is 0.457 e. The van der Waals surface area contributed by atoms with E-state index in [0.29, 0.717) is 19.6 Å². The maximum atomic E-state index is 12.2. The van der Waals surface area contributed by atoms with E-state index < -0.39 is 6.10 Å². The van der Waals surface area contributed by atoms with E-state index >= 15 is 0 Å². The summed E-state index contributed by atoms with van der Waals surface area (Å²) in [5.41, 5.74) is 0. The summed E-state index contributed by atoms with van der Waals surface area (Å²) in [6.45, 7) is 5.41. The Bertz CT molecular complexity index is 623. The van der Waals surface area contributed by atoms with Gasteiger partial charge in [-0.1, -0.05) is 245 Å². The zero-order valence-electron chi connectivity index (χ0n) is 34.4. The molecule has 0 aromatic heterocycles. The van der Waals surface area contributed by atoms with Crippen LogP contribution in [-0.4, -0.2) is 37.0 Å². The first kappa shape index (κ1) is 49.4. The minimum absolute atomic E-state index is 0.163. The zero-order valence-corrected chi connectivity index (χ0v) is 34.4. The van der Waals surface area contributed by atoms with Crippen molar-refractivity contribution in [3.8, 4) is 0 Å². The number of ether oxygens (including phenoxy) is 2. The summed E-state index contributed by atoms with van der Waals surface area (Å²) in [5.74, 6) is -0.192. The lowest BCUT2D eigenvalue weighted by Crippen LogP contribution is -2.27. The van der Waals surface area contributed by atoms with Gasteiger partial charge in [-0.3, -0.25) is 4.79 Å². The van der Waals surface area contributed by atoms with Crippen LogP contribution < -0.4 is 0 Å². The number of carbonyl (C=O) groups excluding carboxylic acids is 1. The number of aliphatic hydroxyl groups excluding tert-OH is 1. The van der Waals surface area contributed by atoms with Crippen molar-refractivity contribution in [1.82, 2.24) is 0 Å². The molecule has 50 heavy (non-hydrogen) atoms. The minimum atomic E-state index is -0.525. The Kier molecular flexibility index (Phi) is 44.0. The number of carbonyl (C=O) groups is 1. The average molecular weight is 709 g/mol. The molecular weight excluding hydrogens is 617 g/mol. The molecule has 0 amide bonds. The maximum absolute atomic E-state index is 12.2. The van der Waals surface area contributed by atoms with Crippen LogP contribution in [-0.2, 0) is 14.3 Å². The highest BCUT2D eigenvalue weighted by Gasteiger charge is 2.13. The Hall–Kier alpha value is -0.610. The van der Waals surface area contributed by atoms with Crippen molar-refractivity contribution in [2.24, 2.45) is 0 Å². The van der Waals surface area contributed by atoms with Crippen LogP contribution in [0.2, 0.25) is 0 Å². The van der Waals surface area contributed by atoms with Gasteiger partial charge in [0.25, 0.3) is 0 Å². The molecular formula is C46H92O4. The molecule has 0 radical (unpaired) electrons. The summed E-state index contributed by atoms with van der Waals surface area (Å²) in [4.78, 5) is 12.2. The fourth-order valence-electron chi connectivity index (χ4n) is 7.21. The summed E-state index contributed by atoms with van der Waals surface area (Å²) in [6, 6.07) is 0. The van der Waals surface area contributed by atoms with Gasteiger partial charge in [-0.05, 0) is 12.8 Å². The number of aliphatic hydroxyl groups is 1. The van der Waals surface area contributed by atoms with Crippen molar-refractivity contribution < 1.29 is 19.4 Å². The second kappa shape index (κ2) is 44.6. The second-order valence-corrected chi connectivity index (χ2v) is 15.8. The molecule has 0 aliphatic carbocycles. The van der Waals surface area contributed by atoms with E-state index in [1.165, 1.54) is 225 Å². The highest BCUT2D eigenvalue weighted by atomic mass is 16.6. The molecule has 0 aromatic carbocycles. The molecule has 4 nitrogen and oxygen atoms in total. The number of esters is 1. The van der Waals surface area contributed by atoms with Gasteiger partial charge < -0.3 is 14.6 Å². The van der Waals surface area contributed by atoms with Crippen LogP contribution in [0.3, 0.4) is 0 Å². The molecule has 1 atom stereocenters. The Morgan fingerprint density at radius 3 is 0.940 bits per heavy atom. The van der Waals surface area contributed by atoms with Gasteiger partial charge in [0.2, 0.25) is 0 Å². The van der Waals surface area contributed by atoms with Crippen LogP contribution in [0.5, 0.6) is 0 Å². The van der Waals surface area contributed by atoms with E-state index in [4.69, 9.17) is 9.47 Å². The van der Waals surface area contributed by atoms with Crippen molar-refractivity contribution in [2.75, 3.05) is 19.8 Å². The number of unbranched alkanes of at least 4 members (excludes halogenated alkanes) is 36. The predicted octanol–water partition coefficient (Wildman–Crippen LogP) is 15.2. The zero-order chi connectivity index (χ0) is 36.3. The summed E-state index contributed by atoms with van der Waals surface area (Å²) in [7, 11) is 0. The normalized spacial score (nSPS) is 12.1. The summed E-state index contributed by atoms with van der Waals surface area (Å²) < 4.78 is 11.2. The lowest BCUT2D eigenvalue weighted by molar-refractivity contribution is -0.154. The fraction of sp³-hybridized carbons (Fsp3) is 0.978. The SMILES string of the molecule is CCCCCCCCCCCCCCCCCCCCCCCOCC(CO)OC(=O)CCCCCCCCCCCCCCCCCCC. The molecule has 1 unspecified atom stereocenters. The molecule has 0 saturated heterocycles. The van der Waals surface area contributed by atoms with Crippen LogP contribution in [0, 0.1) is 0 Å². The Balaban J connectivity index is 3.33. The number of rotatable bonds is 44. The first-order valence-electron chi connectivity index (χ1n) is 23.1. The van der Waals surface area contributed by atoms with Gasteiger partial charge in [-0.2, -0.15) is 0 Å². The van der Waals surface area contributed by atoms with Crippen LogP contribution in [0.1, 0.15) is 264 Å². The van der Waals surface area contributed by atoms with E-state index in [-0.39, 0.29) is 12.6 Å². The molecule has 0 spiro atoms. The maximum Gasteiger partial charge on any atom is 0.306 e. The second-order valence-electron chi connectivity index (χ2n) is 15.8. The van der Waals surface area contributed by atoms with E-state index in [9.17, 15) is 9.90 Å². The molecule has 0 heterocycles. The summed E-state index contributed by atoms with van der Waals surface area (Å²) in [6.07, 6.45) is 51.8. The average Bonchev–Trinajstić information content (AvgIpc) is 3.12. The van der Waals surface area contributed by atoms with Crippen molar-refractivity contribution in [3.63, 3.8) is 0 Å². The van der Waals surface area contributed by atoms with Gasteiger partial charge in [0, 0.05) is 13.0 Å². The molecule has 1 N–H and O–H groups in total. The minimum Gasteiger partial charge on any atom is -0.457 e. The van der Waals surface area contributed by atoms with Gasteiger partial charge in [0.05, 0.1) is 13.2 Å². The molecule has 0 aliphatic rings. The molecule has 0 fully saturated rings. The van der Waals surface area contributed by atoms with Crippen LogP contribution in [0.15, 0.2) is 0 Å². The highest BCUT2D eigenvalue weighted by Crippen LogP contribution is 2.17.